The first-order valence-corrected chi connectivity index (χ1v) is 4.67. The van der Waals surface area contributed by atoms with Crippen LogP contribution in [-0.2, 0) is 0 Å². The van der Waals surface area contributed by atoms with Crippen LogP contribution < -0.4 is 5.73 Å². The smallest absolute Gasteiger partial charge is 0.0947 e. The van der Waals surface area contributed by atoms with Crippen LogP contribution in [0.3, 0.4) is 0 Å². The molecule has 0 rings (SSSR count). The molecule has 0 bridgehead atoms. The minimum atomic E-state index is 0.0638. The van der Waals surface area contributed by atoms with Crippen LogP contribution in [0.25, 0.3) is 0 Å². The predicted octanol–water partition coefficient (Wildman–Crippen LogP) is 0.261. The monoisotopic (exact) mass is 187 g/mol. The summed E-state index contributed by atoms with van der Waals surface area (Å²) in [4.78, 5) is 2.12. The number of aliphatic hydroxyl groups is 1. The lowest BCUT2D eigenvalue weighted by atomic mass is 10.1. The Balaban J connectivity index is 4.01. The molecule has 0 heterocycles. The zero-order chi connectivity index (χ0) is 10.4. The van der Waals surface area contributed by atoms with Gasteiger partial charge in [0.2, 0.25) is 0 Å². The number of hydrogen-bond acceptors (Lipinski definition) is 3. The molecule has 0 saturated heterocycles. The number of aliphatic hydroxyl groups excluding tert-OH is 1. The second kappa shape index (κ2) is 5.94. The van der Waals surface area contributed by atoms with Crippen molar-refractivity contribution in [2.24, 2.45) is 11.7 Å². The maximum Gasteiger partial charge on any atom is 0.0947 e. The normalized spacial score (nSPS) is 13.7. The highest BCUT2D eigenvalue weighted by Gasteiger charge is 2.14. The highest BCUT2D eigenvalue weighted by molar-refractivity contribution is 5.79. The standard InChI is InChI=1S/C9H21N3O/c1-7(2)12(4-5-13)6-8(3)9(10)11/h7-8,13H,4-6H2,1-3H3,(H3,10,11). The van der Waals surface area contributed by atoms with Crippen molar-refractivity contribution in [3.8, 4) is 0 Å². The summed E-state index contributed by atoms with van der Waals surface area (Å²) in [5.41, 5.74) is 5.37. The molecule has 0 aliphatic rings. The van der Waals surface area contributed by atoms with Gasteiger partial charge in [-0.3, -0.25) is 10.3 Å². The fourth-order valence-corrected chi connectivity index (χ4v) is 1.14. The van der Waals surface area contributed by atoms with Crippen molar-refractivity contribution in [2.45, 2.75) is 26.8 Å². The lowest BCUT2D eigenvalue weighted by molar-refractivity contribution is 0.158. The van der Waals surface area contributed by atoms with E-state index in [-0.39, 0.29) is 18.4 Å². The Bertz CT molecular complexity index is 159. The molecule has 4 nitrogen and oxygen atoms in total. The van der Waals surface area contributed by atoms with E-state index in [4.69, 9.17) is 16.2 Å². The van der Waals surface area contributed by atoms with Crippen molar-refractivity contribution in [3.63, 3.8) is 0 Å². The summed E-state index contributed by atoms with van der Waals surface area (Å²) in [6, 6.07) is 0.383. The number of nitrogens with one attached hydrogen (secondary N) is 1. The Morgan fingerprint density at radius 2 is 2.00 bits per heavy atom. The molecule has 1 unspecified atom stereocenters. The van der Waals surface area contributed by atoms with Crippen LogP contribution in [0, 0.1) is 11.3 Å². The minimum absolute atomic E-state index is 0.0638. The van der Waals surface area contributed by atoms with E-state index in [1.165, 1.54) is 0 Å². The molecule has 78 valence electrons. The summed E-state index contributed by atoms with van der Waals surface area (Å²) >= 11 is 0. The van der Waals surface area contributed by atoms with Crippen LogP contribution in [0.4, 0.5) is 0 Å². The first-order valence-electron chi connectivity index (χ1n) is 4.67. The summed E-state index contributed by atoms with van der Waals surface area (Å²) in [6.45, 7) is 7.62. The highest BCUT2D eigenvalue weighted by Crippen LogP contribution is 2.03. The fourth-order valence-electron chi connectivity index (χ4n) is 1.14. The summed E-state index contributed by atoms with van der Waals surface area (Å²) in [7, 11) is 0. The van der Waals surface area contributed by atoms with E-state index in [1.54, 1.807) is 0 Å². The average Bonchev–Trinajstić information content (AvgIpc) is 2.03. The molecule has 4 heteroatoms. The fraction of sp³-hybridized carbons (Fsp3) is 0.889. The van der Waals surface area contributed by atoms with Gasteiger partial charge in [-0.1, -0.05) is 6.92 Å². The molecule has 0 aliphatic carbocycles. The molecule has 0 fully saturated rings. The van der Waals surface area contributed by atoms with Crippen LogP contribution in [0.1, 0.15) is 20.8 Å². The number of hydrogen-bond donors (Lipinski definition) is 3. The van der Waals surface area contributed by atoms with E-state index in [0.29, 0.717) is 12.6 Å². The van der Waals surface area contributed by atoms with Crippen LogP contribution in [-0.4, -0.2) is 41.6 Å². The maximum absolute atomic E-state index is 8.81. The number of rotatable bonds is 6. The van der Waals surface area contributed by atoms with Gasteiger partial charge >= 0.3 is 0 Å². The molecule has 0 amide bonds. The van der Waals surface area contributed by atoms with Crippen LogP contribution in [0.15, 0.2) is 0 Å². The number of amidine groups is 1. The number of nitrogens with two attached hydrogens (primary N) is 1. The summed E-state index contributed by atoms with van der Waals surface area (Å²) in [5.74, 6) is 0.275. The van der Waals surface area contributed by atoms with E-state index < -0.39 is 0 Å². The van der Waals surface area contributed by atoms with Gasteiger partial charge in [-0.15, -0.1) is 0 Å². The average molecular weight is 187 g/mol. The van der Waals surface area contributed by atoms with E-state index in [0.717, 1.165) is 6.54 Å². The third-order valence-electron chi connectivity index (χ3n) is 2.16. The highest BCUT2D eigenvalue weighted by atomic mass is 16.3. The lowest BCUT2D eigenvalue weighted by Gasteiger charge is -2.28. The van der Waals surface area contributed by atoms with E-state index in [9.17, 15) is 0 Å². The molecule has 0 aromatic heterocycles. The summed E-state index contributed by atoms with van der Waals surface area (Å²) in [6.07, 6.45) is 0. The first-order chi connectivity index (χ1) is 5.99. The quantitative estimate of drug-likeness (QED) is 0.412. The molecule has 0 radical (unpaired) electrons. The van der Waals surface area contributed by atoms with Crippen molar-refractivity contribution in [3.05, 3.63) is 0 Å². The van der Waals surface area contributed by atoms with Gasteiger partial charge < -0.3 is 10.8 Å². The molecule has 0 spiro atoms. The Hall–Kier alpha value is -0.610. The molecule has 4 N–H and O–H groups in total. The van der Waals surface area contributed by atoms with Crippen molar-refractivity contribution in [1.82, 2.24) is 4.90 Å². The molecule has 0 aromatic carbocycles. The van der Waals surface area contributed by atoms with Crippen LogP contribution >= 0.6 is 0 Å². The molecular formula is C9H21N3O. The Labute approximate surface area is 80.2 Å². The van der Waals surface area contributed by atoms with Gasteiger partial charge in [0.05, 0.1) is 12.4 Å². The Kier molecular flexibility index (Phi) is 5.66. The third kappa shape index (κ3) is 4.85. The van der Waals surface area contributed by atoms with Gasteiger partial charge in [-0.25, -0.2) is 0 Å². The molecular weight excluding hydrogens is 166 g/mol. The van der Waals surface area contributed by atoms with Crippen molar-refractivity contribution >= 4 is 5.84 Å². The minimum Gasteiger partial charge on any atom is -0.395 e. The van der Waals surface area contributed by atoms with Crippen LogP contribution in [0.2, 0.25) is 0 Å². The van der Waals surface area contributed by atoms with Crippen molar-refractivity contribution < 1.29 is 5.11 Å². The van der Waals surface area contributed by atoms with Gasteiger partial charge in [0.25, 0.3) is 0 Å². The number of nitrogens with zero attached hydrogens (tertiary/aromatic N) is 1. The van der Waals surface area contributed by atoms with Crippen molar-refractivity contribution in [2.75, 3.05) is 19.7 Å². The topological polar surface area (TPSA) is 73.3 Å². The summed E-state index contributed by atoms with van der Waals surface area (Å²) in [5, 5.41) is 16.1. The van der Waals surface area contributed by atoms with Gasteiger partial charge in [0, 0.05) is 25.0 Å². The summed E-state index contributed by atoms with van der Waals surface area (Å²) < 4.78 is 0. The second-order valence-electron chi connectivity index (χ2n) is 3.67. The van der Waals surface area contributed by atoms with Gasteiger partial charge in [0.15, 0.2) is 0 Å². The molecule has 0 saturated carbocycles. The van der Waals surface area contributed by atoms with Crippen molar-refractivity contribution in [1.29, 1.82) is 5.41 Å². The van der Waals surface area contributed by atoms with E-state index in [2.05, 4.69) is 18.7 Å². The third-order valence-corrected chi connectivity index (χ3v) is 2.16. The van der Waals surface area contributed by atoms with Crippen LogP contribution in [0.5, 0.6) is 0 Å². The maximum atomic E-state index is 8.81. The van der Waals surface area contributed by atoms with Gasteiger partial charge in [-0.2, -0.15) is 0 Å². The van der Waals surface area contributed by atoms with E-state index >= 15 is 0 Å². The lowest BCUT2D eigenvalue weighted by Crippen LogP contribution is -2.40. The SMILES string of the molecule is CC(CN(CCO)C(C)C)C(=N)N. The molecule has 0 aliphatic heterocycles. The first kappa shape index (κ1) is 12.4. The van der Waals surface area contributed by atoms with Gasteiger partial charge in [0.1, 0.15) is 0 Å². The Morgan fingerprint density at radius 3 is 2.31 bits per heavy atom. The van der Waals surface area contributed by atoms with Gasteiger partial charge in [-0.05, 0) is 13.8 Å². The second-order valence-corrected chi connectivity index (χ2v) is 3.67. The predicted molar refractivity (Wildman–Crippen MR) is 54.9 cm³/mol. The zero-order valence-corrected chi connectivity index (χ0v) is 8.75. The zero-order valence-electron chi connectivity index (χ0n) is 8.75. The molecule has 13 heavy (non-hydrogen) atoms. The molecule has 1 atom stereocenters. The molecule has 0 aromatic rings. The van der Waals surface area contributed by atoms with E-state index in [1.807, 2.05) is 6.92 Å². The largest absolute Gasteiger partial charge is 0.395 e. The Morgan fingerprint density at radius 1 is 1.46 bits per heavy atom.